The molecule has 0 unspecified atom stereocenters. The Morgan fingerprint density at radius 2 is 1.82 bits per heavy atom. The molecule has 3 nitrogen and oxygen atoms in total. The van der Waals surface area contributed by atoms with E-state index in [0.717, 1.165) is 25.9 Å². The van der Waals surface area contributed by atoms with Crippen LogP contribution in [-0.4, -0.2) is 29.7 Å². The highest BCUT2D eigenvalue weighted by atomic mass is 16.6. The third-order valence-corrected chi connectivity index (χ3v) is 4.32. The van der Waals surface area contributed by atoms with Crippen LogP contribution in [0.2, 0.25) is 0 Å². The number of carbonyl (C=O) groups excluding carboxylic acids is 1. The van der Waals surface area contributed by atoms with Crippen molar-refractivity contribution >= 4 is 6.09 Å². The predicted octanol–water partition coefficient (Wildman–Crippen LogP) is 4.83. The summed E-state index contributed by atoms with van der Waals surface area (Å²) in [6, 6.07) is 10.7. The van der Waals surface area contributed by atoms with Gasteiger partial charge in [0.25, 0.3) is 0 Å². The van der Waals surface area contributed by atoms with Crippen molar-refractivity contribution in [2.24, 2.45) is 5.92 Å². The summed E-state index contributed by atoms with van der Waals surface area (Å²) in [5, 5.41) is 0. The maximum Gasteiger partial charge on any atom is 0.410 e. The Labute approximate surface area is 134 Å². The lowest BCUT2D eigenvalue weighted by atomic mass is 9.85. The minimum atomic E-state index is -0.407. The number of benzene rings is 1. The number of carbonyl (C=O) groups is 1. The molecular weight excluding hydrogens is 274 g/mol. The van der Waals surface area contributed by atoms with Crippen molar-refractivity contribution in [1.82, 2.24) is 4.90 Å². The van der Waals surface area contributed by atoms with Gasteiger partial charge in [-0.25, -0.2) is 4.79 Å². The molecule has 0 bridgehead atoms. The fourth-order valence-electron chi connectivity index (χ4n) is 3.10. The Morgan fingerprint density at radius 3 is 2.36 bits per heavy atom. The summed E-state index contributed by atoms with van der Waals surface area (Å²) in [5.41, 5.74) is 1.01. The van der Waals surface area contributed by atoms with Crippen LogP contribution in [0.5, 0.6) is 0 Å². The Morgan fingerprint density at radius 1 is 1.23 bits per heavy atom. The molecule has 1 aliphatic heterocycles. The Balaban J connectivity index is 1.79. The lowest BCUT2D eigenvalue weighted by Crippen LogP contribution is -2.41. The average molecular weight is 303 g/mol. The lowest BCUT2D eigenvalue weighted by Gasteiger charge is -2.34. The Hall–Kier alpha value is -1.51. The summed E-state index contributed by atoms with van der Waals surface area (Å²) < 4.78 is 5.45. The minimum Gasteiger partial charge on any atom is -0.444 e. The lowest BCUT2D eigenvalue weighted by molar-refractivity contribution is 0.0179. The van der Waals surface area contributed by atoms with Gasteiger partial charge in [-0.3, -0.25) is 0 Å². The summed E-state index contributed by atoms with van der Waals surface area (Å²) in [7, 11) is 0. The van der Waals surface area contributed by atoms with E-state index in [1.165, 1.54) is 12.0 Å². The number of ether oxygens (including phenoxy) is 1. The molecular formula is C19H29NO2. The molecule has 1 saturated heterocycles. The molecule has 0 saturated carbocycles. The van der Waals surface area contributed by atoms with Crippen molar-refractivity contribution in [2.45, 2.75) is 58.5 Å². The number of nitrogens with zero attached hydrogens (tertiary/aromatic N) is 1. The van der Waals surface area contributed by atoms with Gasteiger partial charge in [0, 0.05) is 13.1 Å². The molecule has 1 aromatic carbocycles. The molecule has 2 rings (SSSR count). The molecule has 1 atom stereocenters. The molecule has 1 heterocycles. The number of hydrogen-bond acceptors (Lipinski definition) is 2. The molecule has 0 aromatic heterocycles. The van der Waals surface area contributed by atoms with Gasteiger partial charge < -0.3 is 9.64 Å². The van der Waals surface area contributed by atoms with Gasteiger partial charge in [0.15, 0.2) is 0 Å². The third-order valence-electron chi connectivity index (χ3n) is 4.32. The van der Waals surface area contributed by atoms with E-state index in [0.29, 0.717) is 11.8 Å². The van der Waals surface area contributed by atoms with Gasteiger partial charge in [-0.2, -0.15) is 0 Å². The van der Waals surface area contributed by atoms with Crippen molar-refractivity contribution in [1.29, 1.82) is 0 Å². The van der Waals surface area contributed by atoms with Crippen LogP contribution in [0.3, 0.4) is 0 Å². The fraction of sp³-hybridized carbons (Fsp3) is 0.632. The zero-order valence-electron chi connectivity index (χ0n) is 14.3. The van der Waals surface area contributed by atoms with Crippen LogP contribution in [0.4, 0.5) is 4.79 Å². The van der Waals surface area contributed by atoms with Gasteiger partial charge in [-0.05, 0) is 57.4 Å². The maximum atomic E-state index is 12.1. The number of hydrogen-bond donors (Lipinski definition) is 0. The summed E-state index contributed by atoms with van der Waals surface area (Å²) in [6.07, 6.45) is 3.20. The highest BCUT2D eigenvalue weighted by Gasteiger charge is 2.27. The van der Waals surface area contributed by atoms with E-state index < -0.39 is 5.60 Å². The number of amides is 1. The van der Waals surface area contributed by atoms with Crippen LogP contribution in [0.25, 0.3) is 0 Å². The monoisotopic (exact) mass is 303 g/mol. The molecule has 0 spiro atoms. The van der Waals surface area contributed by atoms with E-state index in [9.17, 15) is 4.79 Å². The van der Waals surface area contributed by atoms with Crippen molar-refractivity contribution in [3.05, 3.63) is 35.9 Å². The second-order valence-electron chi connectivity index (χ2n) is 7.46. The maximum absolute atomic E-state index is 12.1. The molecule has 0 radical (unpaired) electrons. The fourth-order valence-corrected chi connectivity index (χ4v) is 3.10. The largest absolute Gasteiger partial charge is 0.444 e. The average Bonchev–Trinajstić information content (AvgIpc) is 2.47. The molecule has 1 aromatic rings. The number of piperidine rings is 1. The van der Waals surface area contributed by atoms with Crippen LogP contribution < -0.4 is 0 Å². The van der Waals surface area contributed by atoms with Crippen molar-refractivity contribution < 1.29 is 9.53 Å². The van der Waals surface area contributed by atoms with Crippen molar-refractivity contribution in [3.63, 3.8) is 0 Å². The van der Waals surface area contributed by atoms with Crippen LogP contribution in [0.15, 0.2) is 30.3 Å². The molecule has 3 heteroatoms. The summed E-state index contributed by atoms with van der Waals surface area (Å²) in [4.78, 5) is 13.9. The summed E-state index contributed by atoms with van der Waals surface area (Å²) in [5.74, 6) is 1.29. The Bertz CT molecular complexity index is 470. The standard InChI is InChI=1S/C19H29NO2/c1-15(17-8-6-5-7-9-17)14-16-10-12-20(13-11-16)18(21)22-19(2,3)4/h5-9,15-16H,10-14H2,1-4H3/t15-/m0/s1. The van der Waals surface area contributed by atoms with E-state index in [1.807, 2.05) is 25.7 Å². The first kappa shape index (κ1) is 16.9. The molecule has 22 heavy (non-hydrogen) atoms. The second-order valence-corrected chi connectivity index (χ2v) is 7.46. The third kappa shape index (κ3) is 5.04. The van der Waals surface area contributed by atoms with E-state index in [1.54, 1.807) is 0 Å². The first-order valence-electron chi connectivity index (χ1n) is 8.38. The van der Waals surface area contributed by atoms with E-state index >= 15 is 0 Å². The smallest absolute Gasteiger partial charge is 0.410 e. The Kier molecular flexibility index (Phi) is 5.49. The molecule has 1 amide bonds. The zero-order chi connectivity index (χ0) is 16.2. The molecule has 1 fully saturated rings. The molecule has 0 N–H and O–H groups in total. The predicted molar refractivity (Wildman–Crippen MR) is 90.0 cm³/mol. The van der Waals surface area contributed by atoms with Gasteiger partial charge in [0.1, 0.15) is 5.60 Å². The van der Waals surface area contributed by atoms with Gasteiger partial charge in [0.2, 0.25) is 0 Å². The van der Waals surface area contributed by atoms with Crippen LogP contribution in [-0.2, 0) is 4.74 Å². The molecule has 122 valence electrons. The highest BCUT2D eigenvalue weighted by molar-refractivity contribution is 5.68. The van der Waals surface area contributed by atoms with Crippen LogP contribution in [0, 0.1) is 5.92 Å². The quantitative estimate of drug-likeness (QED) is 0.800. The molecule has 1 aliphatic rings. The topological polar surface area (TPSA) is 29.5 Å². The SMILES string of the molecule is C[C@@H](CC1CCN(C(=O)OC(C)(C)C)CC1)c1ccccc1. The van der Waals surface area contributed by atoms with Crippen LogP contribution >= 0.6 is 0 Å². The molecule has 0 aliphatic carbocycles. The highest BCUT2D eigenvalue weighted by Crippen LogP contribution is 2.30. The number of rotatable bonds is 3. The van der Waals surface area contributed by atoms with Crippen molar-refractivity contribution in [2.75, 3.05) is 13.1 Å². The summed E-state index contributed by atoms with van der Waals surface area (Å²) >= 11 is 0. The first-order chi connectivity index (χ1) is 10.3. The normalized spacial score (nSPS) is 18.1. The van der Waals surface area contributed by atoms with Crippen LogP contribution in [0.1, 0.15) is 58.4 Å². The second kappa shape index (κ2) is 7.17. The first-order valence-corrected chi connectivity index (χ1v) is 8.38. The number of likely N-dealkylation sites (tertiary alicyclic amines) is 1. The van der Waals surface area contributed by atoms with Gasteiger partial charge in [-0.15, -0.1) is 0 Å². The van der Waals surface area contributed by atoms with E-state index in [4.69, 9.17) is 4.74 Å². The van der Waals surface area contributed by atoms with Gasteiger partial charge in [-0.1, -0.05) is 37.3 Å². The zero-order valence-corrected chi connectivity index (χ0v) is 14.3. The minimum absolute atomic E-state index is 0.165. The van der Waals surface area contributed by atoms with Gasteiger partial charge in [0.05, 0.1) is 0 Å². The van der Waals surface area contributed by atoms with E-state index in [2.05, 4.69) is 37.3 Å². The van der Waals surface area contributed by atoms with E-state index in [-0.39, 0.29) is 6.09 Å². The van der Waals surface area contributed by atoms with Crippen molar-refractivity contribution in [3.8, 4) is 0 Å². The summed E-state index contributed by atoms with van der Waals surface area (Å²) in [6.45, 7) is 9.69. The van der Waals surface area contributed by atoms with Gasteiger partial charge >= 0.3 is 6.09 Å².